The van der Waals surface area contributed by atoms with Crippen LogP contribution in [0.1, 0.15) is 31.5 Å². The van der Waals surface area contributed by atoms with Crippen LogP contribution in [0.2, 0.25) is 0 Å². The zero-order valence-corrected chi connectivity index (χ0v) is 10.9. The van der Waals surface area contributed by atoms with Crippen LogP contribution >= 0.6 is 0 Å². The maximum absolute atomic E-state index is 11.6. The average molecular weight is 239 g/mol. The molecule has 1 atom stereocenters. The second-order valence-corrected chi connectivity index (χ2v) is 4.61. The highest BCUT2D eigenvalue weighted by atomic mass is 16.5. The van der Waals surface area contributed by atoms with Gasteiger partial charge in [0.2, 0.25) is 0 Å². The van der Waals surface area contributed by atoms with E-state index in [-0.39, 0.29) is 12.0 Å². The number of H-pyrrole nitrogens is 1. The van der Waals surface area contributed by atoms with Crippen molar-refractivity contribution in [1.29, 1.82) is 0 Å². The van der Waals surface area contributed by atoms with Crippen molar-refractivity contribution in [2.75, 3.05) is 7.11 Å². The highest BCUT2D eigenvalue weighted by Crippen LogP contribution is 2.08. The predicted molar refractivity (Wildman–Crippen MR) is 65.4 cm³/mol. The molecular weight excluding hydrogens is 218 g/mol. The number of nitrogens with one attached hydrogen (secondary N) is 2. The summed E-state index contributed by atoms with van der Waals surface area (Å²) in [4.78, 5) is 11.6. The Balaban J connectivity index is 2.55. The molecule has 0 saturated carbocycles. The highest BCUT2D eigenvalue weighted by Gasteiger charge is 2.20. The number of rotatable bonds is 6. The van der Waals surface area contributed by atoms with Gasteiger partial charge in [0.1, 0.15) is 6.04 Å². The minimum absolute atomic E-state index is 0.208. The molecule has 0 aliphatic heterocycles. The number of hydrogen-bond donors (Lipinski definition) is 2. The number of hydrogen-bond acceptors (Lipinski definition) is 4. The first kappa shape index (κ1) is 13.7. The lowest BCUT2D eigenvalue weighted by Gasteiger charge is -2.18. The summed E-state index contributed by atoms with van der Waals surface area (Å²) in [5.74, 6) is 0.233. The first-order valence-corrected chi connectivity index (χ1v) is 5.84. The van der Waals surface area contributed by atoms with Crippen LogP contribution in [0.3, 0.4) is 0 Å². The van der Waals surface area contributed by atoms with E-state index in [1.807, 2.05) is 6.92 Å². The minimum atomic E-state index is -0.255. The standard InChI is InChI=1S/C12H21N3O2/c1-8(2)5-11(12(16)17-4)13-6-10-7-14-15-9(10)3/h7-8,11,13H,5-6H2,1-4H3,(H,14,15). The first-order valence-electron chi connectivity index (χ1n) is 5.84. The van der Waals surface area contributed by atoms with Crippen LogP contribution in [0.15, 0.2) is 6.20 Å². The van der Waals surface area contributed by atoms with Crippen LogP contribution in [0.4, 0.5) is 0 Å². The Morgan fingerprint density at radius 3 is 2.76 bits per heavy atom. The molecule has 0 aliphatic rings. The molecule has 2 N–H and O–H groups in total. The van der Waals surface area contributed by atoms with E-state index in [9.17, 15) is 4.79 Å². The predicted octanol–water partition coefficient (Wildman–Crippen LogP) is 1.40. The van der Waals surface area contributed by atoms with Crippen molar-refractivity contribution in [3.63, 3.8) is 0 Å². The molecular formula is C12H21N3O2. The number of nitrogens with zero attached hydrogens (tertiary/aromatic N) is 1. The summed E-state index contributed by atoms with van der Waals surface area (Å²) in [6.07, 6.45) is 2.54. The second kappa shape index (κ2) is 6.39. The van der Waals surface area contributed by atoms with Gasteiger partial charge in [-0.3, -0.25) is 9.89 Å². The number of carbonyl (C=O) groups is 1. The van der Waals surface area contributed by atoms with E-state index in [2.05, 4.69) is 29.4 Å². The van der Waals surface area contributed by atoms with Crippen LogP contribution in [-0.4, -0.2) is 29.3 Å². The summed E-state index contributed by atoms with van der Waals surface area (Å²) in [7, 11) is 1.42. The van der Waals surface area contributed by atoms with Crippen LogP contribution in [0, 0.1) is 12.8 Å². The van der Waals surface area contributed by atoms with Crippen LogP contribution in [0.5, 0.6) is 0 Å². The average Bonchev–Trinajstić information content (AvgIpc) is 2.68. The van der Waals surface area contributed by atoms with Crippen LogP contribution in [-0.2, 0) is 16.1 Å². The van der Waals surface area contributed by atoms with Crippen molar-refractivity contribution >= 4 is 5.97 Å². The van der Waals surface area contributed by atoms with Gasteiger partial charge in [0, 0.05) is 17.8 Å². The molecule has 0 spiro atoms. The van der Waals surface area contributed by atoms with Gasteiger partial charge in [0.05, 0.1) is 13.3 Å². The number of ether oxygens (including phenoxy) is 1. The lowest BCUT2D eigenvalue weighted by atomic mass is 10.0. The Morgan fingerprint density at radius 1 is 1.59 bits per heavy atom. The molecule has 1 aromatic heterocycles. The number of aromatic nitrogens is 2. The lowest BCUT2D eigenvalue weighted by Crippen LogP contribution is -2.38. The van der Waals surface area contributed by atoms with Crippen molar-refractivity contribution in [2.45, 2.75) is 39.8 Å². The Morgan fingerprint density at radius 2 is 2.29 bits per heavy atom. The zero-order valence-electron chi connectivity index (χ0n) is 10.9. The van der Waals surface area contributed by atoms with Gasteiger partial charge in [-0.25, -0.2) is 0 Å². The van der Waals surface area contributed by atoms with Crippen LogP contribution in [0.25, 0.3) is 0 Å². The molecule has 17 heavy (non-hydrogen) atoms. The smallest absolute Gasteiger partial charge is 0.322 e. The summed E-state index contributed by atoms with van der Waals surface area (Å²) in [5.41, 5.74) is 2.09. The largest absolute Gasteiger partial charge is 0.468 e. The van der Waals surface area contributed by atoms with Gasteiger partial charge in [0.25, 0.3) is 0 Å². The normalized spacial score (nSPS) is 12.8. The fourth-order valence-electron chi connectivity index (χ4n) is 1.66. The first-order chi connectivity index (χ1) is 8.04. The van der Waals surface area contributed by atoms with E-state index in [0.29, 0.717) is 12.5 Å². The third-order valence-corrected chi connectivity index (χ3v) is 2.67. The molecule has 1 rings (SSSR count). The maximum Gasteiger partial charge on any atom is 0.322 e. The van der Waals surface area contributed by atoms with Gasteiger partial charge in [-0.2, -0.15) is 5.10 Å². The van der Waals surface area contributed by atoms with E-state index < -0.39 is 0 Å². The summed E-state index contributed by atoms with van der Waals surface area (Å²) in [6, 6.07) is -0.255. The lowest BCUT2D eigenvalue weighted by molar-refractivity contribution is -0.143. The summed E-state index contributed by atoms with van der Waals surface area (Å²) < 4.78 is 4.79. The molecule has 1 unspecified atom stereocenters. The molecule has 1 heterocycles. The molecule has 5 nitrogen and oxygen atoms in total. The Labute approximate surface area is 102 Å². The summed E-state index contributed by atoms with van der Waals surface area (Å²) in [5, 5.41) is 10.0. The van der Waals surface area contributed by atoms with E-state index in [0.717, 1.165) is 17.7 Å². The van der Waals surface area contributed by atoms with Gasteiger partial charge in [0.15, 0.2) is 0 Å². The maximum atomic E-state index is 11.6. The van der Waals surface area contributed by atoms with Gasteiger partial charge >= 0.3 is 5.97 Å². The third kappa shape index (κ3) is 4.19. The topological polar surface area (TPSA) is 67.0 Å². The van der Waals surface area contributed by atoms with Crippen molar-refractivity contribution in [1.82, 2.24) is 15.5 Å². The zero-order chi connectivity index (χ0) is 12.8. The van der Waals surface area contributed by atoms with Crippen molar-refractivity contribution in [3.8, 4) is 0 Å². The molecule has 0 fully saturated rings. The molecule has 0 bridgehead atoms. The van der Waals surface area contributed by atoms with Gasteiger partial charge in [-0.1, -0.05) is 13.8 Å². The molecule has 1 aromatic rings. The third-order valence-electron chi connectivity index (χ3n) is 2.67. The second-order valence-electron chi connectivity index (χ2n) is 4.61. The Bertz CT molecular complexity index is 360. The van der Waals surface area contributed by atoms with Gasteiger partial charge in [-0.05, 0) is 19.3 Å². The number of methoxy groups -OCH3 is 1. The summed E-state index contributed by atoms with van der Waals surface area (Å²) in [6.45, 7) is 6.75. The molecule has 5 heteroatoms. The SMILES string of the molecule is COC(=O)C(CC(C)C)NCc1cn[nH]c1C. The summed E-state index contributed by atoms with van der Waals surface area (Å²) >= 11 is 0. The minimum Gasteiger partial charge on any atom is -0.468 e. The molecule has 0 aromatic carbocycles. The number of aryl methyl sites for hydroxylation is 1. The number of aromatic amines is 1. The number of esters is 1. The van der Waals surface area contributed by atoms with Crippen LogP contribution < -0.4 is 5.32 Å². The van der Waals surface area contributed by atoms with Gasteiger partial charge < -0.3 is 10.1 Å². The van der Waals surface area contributed by atoms with E-state index in [1.54, 1.807) is 6.20 Å². The van der Waals surface area contributed by atoms with Crippen molar-refractivity contribution in [2.24, 2.45) is 5.92 Å². The molecule has 0 aliphatic carbocycles. The van der Waals surface area contributed by atoms with E-state index in [1.165, 1.54) is 7.11 Å². The molecule has 96 valence electrons. The molecule has 0 amide bonds. The highest BCUT2D eigenvalue weighted by molar-refractivity contribution is 5.75. The number of carbonyl (C=O) groups excluding carboxylic acids is 1. The van der Waals surface area contributed by atoms with Gasteiger partial charge in [-0.15, -0.1) is 0 Å². The van der Waals surface area contributed by atoms with E-state index in [4.69, 9.17) is 4.74 Å². The Kier molecular flexibility index (Phi) is 5.15. The Hall–Kier alpha value is -1.36. The van der Waals surface area contributed by atoms with Crippen molar-refractivity contribution in [3.05, 3.63) is 17.5 Å². The quantitative estimate of drug-likeness (QED) is 0.736. The molecule has 0 saturated heterocycles. The monoisotopic (exact) mass is 239 g/mol. The fourth-order valence-corrected chi connectivity index (χ4v) is 1.66. The van der Waals surface area contributed by atoms with Crippen molar-refractivity contribution < 1.29 is 9.53 Å². The fraction of sp³-hybridized carbons (Fsp3) is 0.667. The molecule has 0 radical (unpaired) electrons. The van der Waals surface area contributed by atoms with E-state index >= 15 is 0 Å².